The predicted octanol–water partition coefficient (Wildman–Crippen LogP) is 3.43. The number of imidazole rings is 1. The fourth-order valence-electron chi connectivity index (χ4n) is 3.63. The molecule has 1 aliphatic heterocycles. The van der Waals surface area contributed by atoms with E-state index in [1.54, 1.807) is 13.1 Å². The van der Waals surface area contributed by atoms with Gasteiger partial charge in [-0.25, -0.2) is 9.97 Å². The summed E-state index contributed by atoms with van der Waals surface area (Å²) in [6, 6.07) is 6.00. The summed E-state index contributed by atoms with van der Waals surface area (Å²) in [6.07, 6.45) is 3.18. The van der Waals surface area contributed by atoms with Crippen LogP contribution < -0.4 is 10.6 Å². The van der Waals surface area contributed by atoms with Crippen molar-refractivity contribution in [2.75, 3.05) is 17.2 Å². The lowest BCUT2D eigenvalue weighted by Gasteiger charge is -2.22. The third kappa shape index (κ3) is 3.60. The average Bonchev–Trinajstić information content (AvgIpc) is 3.24. The van der Waals surface area contributed by atoms with Crippen LogP contribution in [0.15, 0.2) is 30.6 Å². The van der Waals surface area contributed by atoms with Crippen LogP contribution in [0.4, 0.5) is 17.5 Å². The second-order valence-electron chi connectivity index (χ2n) is 8.34. The average molecular weight is 423 g/mol. The number of anilines is 3. The van der Waals surface area contributed by atoms with Crippen LogP contribution in [0.2, 0.25) is 5.02 Å². The van der Waals surface area contributed by atoms with E-state index in [1.165, 1.54) is 6.20 Å². The van der Waals surface area contributed by atoms with Crippen LogP contribution in [0.25, 0.3) is 0 Å². The molecule has 0 radical (unpaired) electrons. The lowest BCUT2D eigenvalue weighted by molar-refractivity contribution is 0.113. The highest BCUT2D eigenvalue weighted by Crippen LogP contribution is 2.45. The van der Waals surface area contributed by atoms with Gasteiger partial charge in [0.05, 0.1) is 6.20 Å². The van der Waals surface area contributed by atoms with Crippen molar-refractivity contribution in [1.29, 1.82) is 0 Å². The Balaban J connectivity index is 1.75. The number of aromatic amines is 1. The van der Waals surface area contributed by atoms with Crippen molar-refractivity contribution in [1.82, 2.24) is 19.9 Å². The second kappa shape index (κ2) is 7.01. The summed E-state index contributed by atoms with van der Waals surface area (Å²) in [5.41, 5.74) is 8.04. The summed E-state index contributed by atoms with van der Waals surface area (Å²) in [5.74, 6) is 7.14. The Morgan fingerprint density at radius 2 is 2.07 bits per heavy atom. The molecule has 0 aliphatic carbocycles. The van der Waals surface area contributed by atoms with E-state index >= 15 is 0 Å². The van der Waals surface area contributed by atoms with Crippen molar-refractivity contribution < 1.29 is 5.11 Å². The zero-order valence-electron chi connectivity index (χ0n) is 17.3. The van der Waals surface area contributed by atoms with Crippen LogP contribution in [0.3, 0.4) is 0 Å². The van der Waals surface area contributed by atoms with Crippen molar-refractivity contribution in [2.45, 2.75) is 38.7 Å². The lowest BCUT2D eigenvalue weighted by atomic mass is 9.86. The number of rotatable bonds is 2. The number of halogens is 1. The van der Waals surface area contributed by atoms with Crippen molar-refractivity contribution in [3.63, 3.8) is 0 Å². The molecular formula is C22H23ClN6O. The molecule has 1 aromatic carbocycles. The molecule has 4 rings (SSSR count). The van der Waals surface area contributed by atoms with Gasteiger partial charge in [0.25, 0.3) is 0 Å². The van der Waals surface area contributed by atoms with E-state index in [9.17, 15) is 5.11 Å². The topological polar surface area (TPSA) is 104 Å². The van der Waals surface area contributed by atoms with Gasteiger partial charge in [0, 0.05) is 35.1 Å². The van der Waals surface area contributed by atoms with Gasteiger partial charge in [-0.05, 0) is 31.5 Å². The number of aliphatic hydroxyl groups is 1. The highest BCUT2D eigenvalue weighted by atomic mass is 35.5. The smallest absolute Gasteiger partial charge is 0.222 e. The van der Waals surface area contributed by atoms with Gasteiger partial charge in [0.15, 0.2) is 17.2 Å². The molecule has 3 aromatic rings. The number of hydrogen-bond acceptors (Lipinski definition) is 6. The van der Waals surface area contributed by atoms with E-state index in [0.29, 0.717) is 23.2 Å². The van der Waals surface area contributed by atoms with Gasteiger partial charge in [0.2, 0.25) is 5.95 Å². The summed E-state index contributed by atoms with van der Waals surface area (Å²) in [5, 5.41) is 11.1. The molecule has 4 N–H and O–H groups in total. The zero-order chi connectivity index (χ0) is 21.7. The molecule has 1 unspecified atom stereocenters. The van der Waals surface area contributed by atoms with Crippen LogP contribution in [-0.4, -0.2) is 31.6 Å². The molecule has 0 amide bonds. The van der Waals surface area contributed by atoms with Gasteiger partial charge >= 0.3 is 0 Å². The van der Waals surface area contributed by atoms with Gasteiger partial charge in [0.1, 0.15) is 5.02 Å². The Bertz CT molecular complexity index is 1190. The number of aryl methyl sites for hydroxylation is 1. The Kier molecular flexibility index (Phi) is 4.72. The molecule has 1 atom stereocenters. The molecule has 1 aliphatic rings. The van der Waals surface area contributed by atoms with Crippen molar-refractivity contribution in [2.24, 2.45) is 0 Å². The van der Waals surface area contributed by atoms with Crippen molar-refractivity contribution in [3.8, 4) is 11.8 Å². The van der Waals surface area contributed by atoms with Crippen LogP contribution in [-0.2, 0) is 11.0 Å². The Morgan fingerprint density at radius 3 is 2.77 bits per heavy atom. The molecule has 0 bridgehead atoms. The normalized spacial score (nSPS) is 16.5. The van der Waals surface area contributed by atoms with Crippen LogP contribution in [0.1, 0.15) is 43.4 Å². The zero-order valence-corrected chi connectivity index (χ0v) is 18.0. The minimum Gasteiger partial charge on any atom is -0.371 e. The number of hydrogen-bond donors (Lipinski definition) is 3. The molecule has 0 saturated carbocycles. The lowest BCUT2D eigenvalue weighted by Crippen LogP contribution is -2.26. The first-order valence-electron chi connectivity index (χ1n) is 9.54. The number of nitrogens with two attached hydrogens (primary N) is 1. The number of nitrogen functional groups attached to an aromatic ring is 1. The minimum absolute atomic E-state index is 0.110. The highest BCUT2D eigenvalue weighted by molar-refractivity contribution is 6.33. The first kappa shape index (κ1) is 20.2. The standard InChI is InChI=1S/C22H23ClN6O/c1-13-10-25-19(27-13)22(4,30)8-7-14-5-6-15-17(9-14)29(12-21(15,2)3)18-16(23)11-26-20(24)28-18/h5-6,9-11,30H,12H2,1-4H3,(H,25,27)(H2,24,26,28). The van der Waals surface area contributed by atoms with Gasteiger partial charge < -0.3 is 20.7 Å². The Morgan fingerprint density at radius 1 is 1.30 bits per heavy atom. The highest BCUT2D eigenvalue weighted by Gasteiger charge is 2.37. The summed E-state index contributed by atoms with van der Waals surface area (Å²) < 4.78 is 0. The van der Waals surface area contributed by atoms with E-state index in [1.807, 2.05) is 24.0 Å². The third-order valence-corrected chi connectivity index (χ3v) is 5.45. The monoisotopic (exact) mass is 422 g/mol. The van der Waals surface area contributed by atoms with E-state index in [-0.39, 0.29) is 11.4 Å². The molecule has 2 aromatic heterocycles. The SMILES string of the molecule is Cc1cnc(C(C)(O)C#Cc2ccc3c(c2)N(c2nc(N)ncc2Cl)CC3(C)C)[nH]1. The molecule has 0 spiro atoms. The van der Waals surface area contributed by atoms with E-state index in [2.05, 4.69) is 51.7 Å². The van der Waals surface area contributed by atoms with Crippen LogP contribution >= 0.6 is 11.6 Å². The fourth-order valence-corrected chi connectivity index (χ4v) is 3.83. The van der Waals surface area contributed by atoms with Crippen LogP contribution in [0, 0.1) is 18.8 Å². The predicted molar refractivity (Wildman–Crippen MR) is 118 cm³/mol. The first-order valence-corrected chi connectivity index (χ1v) is 9.92. The molecule has 30 heavy (non-hydrogen) atoms. The Labute approximate surface area is 180 Å². The number of nitrogens with zero attached hydrogens (tertiary/aromatic N) is 4. The van der Waals surface area contributed by atoms with Gasteiger partial charge in [-0.2, -0.15) is 4.98 Å². The number of nitrogens with one attached hydrogen (secondary N) is 1. The second-order valence-corrected chi connectivity index (χ2v) is 8.75. The fraction of sp³-hybridized carbons (Fsp3) is 0.318. The Hall–Kier alpha value is -3.08. The number of fused-ring (bicyclic) bond motifs is 1. The molecule has 0 saturated heterocycles. The molecule has 8 heteroatoms. The van der Waals surface area contributed by atoms with Gasteiger partial charge in [-0.3, -0.25) is 0 Å². The quantitative estimate of drug-likeness (QED) is 0.546. The number of H-pyrrole nitrogens is 1. The molecule has 3 heterocycles. The maximum atomic E-state index is 10.7. The summed E-state index contributed by atoms with van der Waals surface area (Å²) in [7, 11) is 0. The molecule has 154 valence electrons. The van der Waals surface area contributed by atoms with Crippen molar-refractivity contribution in [3.05, 3.63) is 58.3 Å². The van der Waals surface area contributed by atoms with Crippen molar-refractivity contribution >= 4 is 29.1 Å². The molecule has 7 nitrogen and oxygen atoms in total. The van der Waals surface area contributed by atoms with Crippen LogP contribution in [0.5, 0.6) is 0 Å². The van der Waals surface area contributed by atoms with E-state index < -0.39 is 5.60 Å². The number of benzene rings is 1. The molecule has 0 fully saturated rings. The van der Waals surface area contributed by atoms with Gasteiger partial charge in [-0.15, -0.1) is 0 Å². The maximum Gasteiger partial charge on any atom is 0.222 e. The summed E-state index contributed by atoms with van der Waals surface area (Å²) in [4.78, 5) is 17.6. The summed E-state index contributed by atoms with van der Waals surface area (Å²) >= 11 is 6.37. The minimum atomic E-state index is -1.39. The van der Waals surface area contributed by atoms with E-state index in [4.69, 9.17) is 17.3 Å². The maximum absolute atomic E-state index is 10.7. The van der Waals surface area contributed by atoms with E-state index in [0.717, 1.165) is 22.5 Å². The van der Waals surface area contributed by atoms with Gasteiger partial charge in [-0.1, -0.05) is 43.4 Å². The summed E-state index contributed by atoms with van der Waals surface area (Å²) in [6.45, 7) is 8.52. The first-order chi connectivity index (χ1) is 14.1. The molecular weight excluding hydrogens is 400 g/mol. The third-order valence-electron chi connectivity index (χ3n) is 5.19. The largest absolute Gasteiger partial charge is 0.371 e. The number of aromatic nitrogens is 4.